The van der Waals surface area contributed by atoms with Crippen LogP contribution in [0.15, 0.2) is 54.6 Å². The van der Waals surface area contributed by atoms with Gasteiger partial charge in [0.2, 0.25) is 10.0 Å². The Balaban J connectivity index is 2.09. The number of carbonyl (C=O) groups is 1. The standard InChI is InChI=1S/C20H22N2O4S/c1-3-20(14-21,15-26-19-11-9-18(10-12-19)16(2)23)22-27(24,25)13-17-7-5-4-6-8-17/h4-12,22H,3,13,15H2,1-2H3. The van der Waals surface area contributed by atoms with Crippen LogP contribution in [0.3, 0.4) is 0 Å². The van der Waals surface area contributed by atoms with Gasteiger partial charge in [-0.3, -0.25) is 4.79 Å². The molecule has 1 N–H and O–H groups in total. The predicted molar refractivity (Wildman–Crippen MR) is 103 cm³/mol. The van der Waals surface area contributed by atoms with Crippen molar-refractivity contribution in [1.82, 2.24) is 4.72 Å². The molecule has 1 unspecified atom stereocenters. The van der Waals surface area contributed by atoms with Gasteiger partial charge < -0.3 is 4.74 Å². The molecule has 0 fully saturated rings. The molecule has 2 rings (SSSR count). The lowest BCUT2D eigenvalue weighted by Crippen LogP contribution is -2.51. The van der Waals surface area contributed by atoms with E-state index in [2.05, 4.69) is 4.72 Å². The summed E-state index contributed by atoms with van der Waals surface area (Å²) in [5.74, 6) is 0.176. The first-order valence-electron chi connectivity index (χ1n) is 8.50. The zero-order valence-corrected chi connectivity index (χ0v) is 16.1. The van der Waals surface area contributed by atoms with E-state index in [-0.39, 0.29) is 24.6 Å². The van der Waals surface area contributed by atoms with Crippen molar-refractivity contribution >= 4 is 15.8 Å². The number of hydrogen-bond acceptors (Lipinski definition) is 5. The number of carbonyl (C=O) groups excluding carboxylic acids is 1. The number of rotatable bonds is 9. The molecule has 0 amide bonds. The van der Waals surface area contributed by atoms with Gasteiger partial charge in [0, 0.05) is 5.56 Å². The molecule has 0 heterocycles. The number of nitrogens with zero attached hydrogens (tertiary/aromatic N) is 1. The fraction of sp³-hybridized carbons (Fsp3) is 0.300. The summed E-state index contributed by atoms with van der Waals surface area (Å²) in [6.07, 6.45) is 0.239. The smallest absolute Gasteiger partial charge is 0.217 e. The third kappa shape index (κ3) is 5.91. The Hall–Kier alpha value is -2.69. The van der Waals surface area contributed by atoms with Crippen LogP contribution in [-0.4, -0.2) is 26.3 Å². The highest BCUT2D eigenvalue weighted by atomic mass is 32.2. The van der Waals surface area contributed by atoms with Gasteiger partial charge in [0.25, 0.3) is 0 Å². The number of sulfonamides is 1. The second-order valence-electron chi connectivity index (χ2n) is 6.26. The van der Waals surface area contributed by atoms with Crippen LogP contribution >= 0.6 is 0 Å². The van der Waals surface area contributed by atoms with Crippen LogP contribution in [0.1, 0.15) is 36.2 Å². The minimum Gasteiger partial charge on any atom is -0.491 e. The predicted octanol–water partition coefficient (Wildman–Crippen LogP) is 3.06. The van der Waals surface area contributed by atoms with E-state index in [0.717, 1.165) is 0 Å². The number of nitrogens with one attached hydrogen (secondary N) is 1. The Morgan fingerprint density at radius 2 is 1.78 bits per heavy atom. The first kappa shape index (κ1) is 20.6. The molecule has 142 valence electrons. The maximum Gasteiger partial charge on any atom is 0.217 e. The maximum atomic E-state index is 12.5. The summed E-state index contributed by atoms with van der Waals surface area (Å²) in [5.41, 5.74) is -0.200. The summed E-state index contributed by atoms with van der Waals surface area (Å²) in [6.45, 7) is 3.04. The summed E-state index contributed by atoms with van der Waals surface area (Å²) in [4.78, 5) is 11.3. The van der Waals surface area contributed by atoms with Gasteiger partial charge in [0.05, 0.1) is 11.8 Å². The van der Waals surface area contributed by atoms with Crippen molar-refractivity contribution in [3.8, 4) is 11.8 Å². The normalized spacial score (nSPS) is 13.4. The second-order valence-corrected chi connectivity index (χ2v) is 7.99. The lowest BCUT2D eigenvalue weighted by Gasteiger charge is -2.26. The molecule has 0 aliphatic heterocycles. The van der Waals surface area contributed by atoms with Crippen LogP contribution in [0, 0.1) is 11.3 Å². The van der Waals surface area contributed by atoms with E-state index in [0.29, 0.717) is 16.9 Å². The Kier molecular flexibility index (Phi) is 6.72. The van der Waals surface area contributed by atoms with E-state index in [4.69, 9.17) is 4.74 Å². The van der Waals surface area contributed by atoms with Crippen molar-refractivity contribution in [3.05, 3.63) is 65.7 Å². The molecule has 0 aliphatic carbocycles. The van der Waals surface area contributed by atoms with E-state index in [1.165, 1.54) is 6.92 Å². The van der Waals surface area contributed by atoms with Gasteiger partial charge in [-0.2, -0.15) is 9.98 Å². The van der Waals surface area contributed by atoms with Gasteiger partial charge in [0.15, 0.2) is 11.3 Å². The molecule has 0 saturated carbocycles. The van der Waals surface area contributed by atoms with Crippen molar-refractivity contribution in [2.24, 2.45) is 0 Å². The second kappa shape index (κ2) is 8.80. The molecule has 0 bridgehead atoms. The molecule has 6 nitrogen and oxygen atoms in total. The number of hydrogen-bond donors (Lipinski definition) is 1. The van der Waals surface area contributed by atoms with E-state index in [1.54, 1.807) is 61.5 Å². The maximum absolute atomic E-state index is 12.5. The summed E-state index contributed by atoms with van der Waals surface area (Å²) < 4.78 is 33.1. The first-order valence-corrected chi connectivity index (χ1v) is 10.1. The molecule has 0 spiro atoms. The highest BCUT2D eigenvalue weighted by molar-refractivity contribution is 7.88. The summed E-state index contributed by atoms with van der Waals surface area (Å²) >= 11 is 0. The molecular weight excluding hydrogens is 364 g/mol. The Bertz CT molecular complexity index is 919. The van der Waals surface area contributed by atoms with Gasteiger partial charge in [-0.05, 0) is 43.2 Å². The van der Waals surface area contributed by atoms with Crippen LogP contribution in [0.5, 0.6) is 5.75 Å². The first-order chi connectivity index (χ1) is 12.8. The van der Waals surface area contributed by atoms with Crippen LogP contribution in [-0.2, 0) is 15.8 Å². The third-order valence-electron chi connectivity index (χ3n) is 4.11. The van der Waals surface area contributed by atoms with Gasteiger partial charge in [-0.15, -0.1) is 0 Å². The van der Waals surface area contributed by atoms with Crippen LogP contribution < -0.4 is 9.46 Å². The molecule has 0 saturated heterocycles. The SMILES string of the molecule is CCC(C#N)(COc1ccc(C(C)=O)cc1)NS(=O)(=O)Cc1ccccc1. The van der Waals surface area contributed by atoms with Crippen LogP contribution in [0.25, 0.3) is 0 Å². The molecule has 0 radical (unpaired) electrons. The lowest BCUT2D eigenvalue weighted by molar-refractivity contribution is 0.101. The minimum atomic E-state index is -3.74. The monoisotopic (exact) mass is 386 g/mol. The topological polar surface area (TPSA) is 96.3 Å². The third-order valence-corrected chi connectivity index (χ3v) is 5.53. The highest BCUT2D eigenvalue weighted by Crippen LogP contribution is 2.18. The molecule has 0 aromatic heterocycles. The number of benzene rings is 2. The van der Waals surface area contributed by atoms with Crippen molar-refractivity contribution in [2.75, 3.05) is 6.61 Å². The van der Waals surface area contributed by atoms with Gasteiger partial charge in [-0.25, -0.2) is 8.42 Å². The molecule has 2 aromatic rings. The van der Waals surface area contributed by atoms with Crippen molar-refractivity contribution in [3.63, 3.8) is 0 Å². The quantitative estimate of drug-likeness (QED) is 0.668. The zero-order valence-electron chi connectivity index (χ0n) is 15.3. The molecule has 7 heteroatoms. The number of ether oxygens (including phenoxy) is 1. The fourth-order valence-electron chi connectivity index (χ4n) is 2.46. The van der Waals surface area contributed by atoms with Crippen molar-refractivity contribution in [2.45, 2.75) is 31.6 Å². The highest BCUT2D eigenvalue weighted by Gasteiger charge is 2.34. The Morgan fingerprint density at radius 3 is 2.30 bits per heavy atom. The molecule has 0 aliphatic rings. The largest absolute Gasteiger partial charge is 0.491 e. The van der Waals surface area contributed by atoms with Gasteiger partial charge >= 0.3 is 0 Å². The van der Waals surface area contributed by atoms with E-state index in [9.17, 15) is 18.5 Å². The van der Waals surface area contributed by atoms with Crippen molar-refractivity contribution in [1.29, 1.82) is 5.26 Å². The van der Waals surface area contributed by atoms with Crippen LogP contribution in [0.4, 0.5) is 0 Å². The molecular formula is C20H22N2O4S. The van der Waals surface area contributed by atoms with Crippen LogP contribution in [0.2, 0.25) is 0 Å². The van der Waals surface area contributed by atoms with Crippen molar-refractivity contribution < 1.29 is 17.9 Å². The lowest BCUT2D eigenvalue weighted by atomic mass is 10.0. The number of nitriles is 1. The van der Waals surface area contributed by atoms with Gasteiger partial charge in [-0.1, -0.05) is 37.3 Å². The molecule has 1 atom stereocenters. The summed E-state index contributed by atoms with van der Waals surface area (Å²) in [6, 6.07) is 17.3. The number of Topliss-reactive ketones (excluding diaryl/α,β-unsaturated/α-hetero) is 1. The Labute approximate surface area is 159 Å². The zero-order chi connectivity index (χ0) is 19.9. The van der Waals surface area contributed by atoms with E-state index in [1.807, 2.05) is 6.07 Å². The minimum absolute atomic E-state index is 0.0600. The molecule has 27 heavy (non-hydrogen) atoms. The summed E-state index contributed by atoms with van der Waals surface area (Å²) in [7, 11) is -3.74. The van der Waals surface area contributed by atoms with E-state index >= 15 is 0 Å². The average molecular weight is 386 g/mol. The van der Waals surface area contributed by atoms with Gasteiger partial charge in [0.1, 0.15) is 12.4 Å². The number of ketones is 1. The Morgan fingerprint density at radius 1 is 1.15 bits per heavy atom. The molecule has 2 aromatic carbocycles. The average Bonchev–Trinajstić information content (AvgIpc) is 2.66. The van der Waals surface area contributed by atoms with E-state index < -0.39 is 15.6 Å². The fourth-order valence-corrected chi connectivity index (χ4v) is 4.01. The summed E-state index contributed by atoms with van der Waals surface area (Å²) in [5, 5.41) is 9.60.